The normalized spacial score (nSPS) is 22.7. The van der Waals surface area contributed by atoms with E-state index in [0.29, 0.717) is 31.8 Å². The van der Waals surface area contributed by atoms with E-state index in [1.807, 2.05) is 30.9 Å². The fraction of sp³-hybridized carbons (Fsp3) is 0.647. The van der Waals surface area contributed by atoms with E-state index in [4.69, 9.17) is 4.74 Å². The number of amides is 1. The van der Waals surface area contributed by atoms with E-state index < -0.39 is 10.0 Å². The predicted molar refractivity (Wildman–Crippen MR) is 93.9 cm³/mol. The van der Waals surface area contributed by atoms with Crippen LogP contribution in [0.3, 0.4) is 0 Å². The zero-order valence-corrected chi connectivity index (χ0v) is 15.7. The highest BCUT2D eigenvalue weighted by molar-refractivity contribution is 7.88. The number of nitrogens with one attached hydrogen (secondary N) is 1. The molecule has 25 heavy (non-hydrogen) atoms. The molecule has 138 valence electrons. The molecule has 0 unspecified atom stereocenters. The number of carbonyl (C=O) groups excluding carboxylic acids is 1. The van der Waals surface area contributed by atoms with E-state index in [-0.39, 0.29) is 17.4 Å². The predicted octanol–water partition coefficient (Wildman–Crippen LogP) is 0.869. The number of likely N-dealkylation sites (tertiary alicyclic amines) is 1. The third-order valence-corrected chi connectivity index (χ3v) is 5.53. The van der Waals surface area contributed by atoms with Crippen LogP contribution in [0.25, 0.3) is 0 Å². The molecule has 1 aromatic rings. The summed E-state index contributed by atoms with van der Waals surface area (Å²) < 4.78 is 30.9. The molecule has 8 heteroatoms. The van der Waals surface area contributed by atoms with Crippen LogP contribution in [-0.4, -0.2) is 62.3 Å². The first kappa shape index (κ1) is 18.3. The van der Waals surface area contributed by atoms with Crippen LogP contribution in [0.15, 0.2) is 12.1 Å². The molecule has 0 aromatic carbocycles. The van der Waals surface area contributed by atoms with Crippen molar-refractivity contribution in [3.63, 3.8) is 0 Å². The van der Waals surface area contributed by atoms with Crippen LogP contribution < -0.4 is 4.72 Å². The first-order valence-corrected chi connectivity index (χ1v) is 10.4. The van der Waals surface area contributed by atoms with Gasteiger partial charge in [0.25, 0.3) is 5.91 Å². The SMILES string of the molecule is Cc1cc(C(=O)N2CC3(CC[C@H](CNS(C)(=O)=O)CO3)C2)cc(C)n1. The summed E-state index contributed by atoms with van der Waals surface area (Å²) in [6.07, 6.45) is 2.91. The molecule has 1 amide bonds. The Kier molecular flexibility index (Phi) is 4.87. The molecule has 1 spiro atoms. The van der Waals surface area contributed by atoms with E-state index in [9.17, 15) is 13.2 Å². The summed E-state index contributed by atoms with van der Waals surface area (Å²) in [4.78, 5) is 18.7. The highest BCUT2D eigenvalue weighted by Crippen LogP contribution is 2.36. The lowest BCUT2D eigenvalue weighted by atomic mass is 9.82. The molecule has 2 aliphatic rings. The van der Waals surface area contributed by atoms with Crippen molar-refractivity contribution in [1.82, 2.24) is 14.6 Å². The van der Waals surface area contributed by atoms with Gasteiger partial charge in [0.15, 0.2) is 0 Å². The van der Waals surface area contributed by atoms with Gasteiger partial charge in [-0.15, -0.1) is 0 Å². The van der Waals surface area contributed by atoms with Crippen molar-refractivity contribution in [2.45, 2.75) is 32.3 Å². The number of pyridine rings is 1. The number of carbonyl (C=O) groups is 1. The highest BCUT2D eigenvalue weighted by atomic mass is 32.2. The first-order chi connectivity index (χ1) is 11.7. The van der Waals surface area contributed by atoms with Gasteiger partial charge >= 0.3 is 0 Å². The molecule has 0 radical (unpaired) electrons. The Morgan fingerprint density at radius 1 is 1.36 bits per heavy atom. The number of ether oxygens (including phenoxy) is 1. The highest BCUT2D eigenvalue weighted by Gasteiger charge is 2.48. The fourth-order valence-electron chi connectivity index (χ4n) is 3.53. The summed E-state index contributed by atoms with van der Waals surface area (Å²) in [5.74, 6) is 0.208. The van der Waals surface area contributed by atoms with Crippen molar-refractivity contribution in [2.75, 3.05) is 32.5 Å². The zero-order valence-electron chi connectivity index (χ0n) is 14.9. The van der Waals surface area contributed by atoms with Gasteiger partial charge in [0, 0.05) is 23.5 Å². The standard InChI is InChI=1S/C17H25N3O4S/c1-12-6-15(7-13(2)19-12)16(21)20-10-17(11-20)5-4-14(9-24-17)8-18-25(3,22)23/h6-7,14,18H,4-5,8-11H2,1-3H3/t14-/m1/s1. The van der Waals surface area contributed by atoms with Gasteiger partial charge in [-0.25, -0.2) is 13.1 Å². The van der Waals surface area contributed by atoms with Crippen molar-refractivity contribution in [2.24, 2.45) is 5.92 Å². The number of aryl methyl sites for hydroxylation is 2. The Labute approximate surface area is 148 Å². The van der Waals surface area contributed by atoms with Gasteiger partial charge in [-0.05, 0) is 44.7 Å². The van der Waals surface area contributed by atoms with Crippen molar-refractivity contribution < 1.29 is 17.9 Å². The number of sulfonamides is 1. The average Bonchev–Trinajstić information content (AvgIpc) is 2.49. The number of nitrogens with zero attached hydrogens (tertiary/aromatic N) is 2. The topological polar surface area (TPSA) is 88.6 Å². The summed E-state index contributed by atoms with van der Waals surface area (Å²) >= 11 is 0. The number of hydrogen-bond donors (Lipinski definition) is 1. The molecular formula is C17H25N3O4S. The minimum absolute atomic E-state index is 0.0173. The summed E-state index contributed by atoms with van der Waals surface area (Å²) in [5, 5.41) is 0. The summed E-state index contributed by atoms with van der Waals surface area (Å²) in [7, 11) is -3.17. The molecular weight excluding hydrogens is 342 g/mol. The Balaban J connectivity index is 1.52. The Morgan fingerprint density at radius 2 is 2.00 bits per heavy atom. The van der Waals surface area contributed by atoms with Gasteiger partial charge < -0.3 is 9.64 Å². The lowest BCUT2D eigenvalue weighted by molar-refractivity contribution is -0.165. The van der Waals surface area contributed by atoms with Crippen LogP contribution in [0.1, 0.15) is 34.6 Å². The van der Waals surface area contributed by atoms with Gasteiger partial charge in [0.2, 0.25) is 10.0 Å². The van der Waals surface area contributed by atoms with Crippen LogP contribution in [0.5, 0.6) is 0 Å². The Bertz CT molecular complexity index is 742. The van der Waals surface area contributed by atoms with E-state index >= 15 is 0 Å². The summed E-state index contributed by atoms with van der Waals surface area (Å²) in [6.45, 7) is 5.90. The first-order valence-electron chi connectivity index (χ1n) is 8.49. The number of aromatic nitrogens is 1. The third kappa shape index (κ3) is 4.37. The second-order valence-electron chi connectivity index (χ2n) is 7.32. The maximum atomic E-state index is 12.6. The van der Waals surface area contributed by atoms with Crippen LogP contribution in [0, 0.1) is 19.8 Å². The molecule has 1 N–H and O–H groups in total. The molecule has 0 bridgehead atoms. The smallest absolute Gasteiger partial charge is 0.254 e. The third-order valence-electron chi connectivity index (χ3n) is 4.84. The van der Waals surface area contributed by atoms with Crippen LogP contribution >= 0.6 is 0 Å². The number of hydrogen-bond acceptors (Lipinski definition) is 5. The second kappa shape index (κ2) is 6.66. The van der Waals surface area contributed by atoms with E-state index in [2.05, 4.69) is 9.71 Å². The van der Waals surface area contributed by atoms with Gasteiger partial charge in [0.1, 0.15) is 5.60 Å². The molecule has 2 fully saturated rings. The molecule has 0 aliphatic carbocycles. The van der Waals surface area contributed by atoms with Gasteiger partial charge in [-0.1, -0.05) is 0 Å². The number of rotatable bonds is 4. The maximum Gasteiger partial charge on any atom is 0.254 e. The minimum Gasteiger partial charge on any atom is -0.371 e. The monoisotopic (exact) mass is 367 g/mol. The molecule has 0 saturated carbocycles. The Morgan fingerprint density at radius 3 is 2.52 bits per heavy atom. The molecule has 3 rings (SSSR count). The Hall–Kier alpha value is -1.51. The van der Waals surface area contributed by atoms with Crippen molar-refractivity contribution >= 4 is 15.9 Å². The van der Waals surface area contributed by atoms with Crippen molar-refractivity contribution in [3.8, 4) is 0 Å². The second-order valence-corrected chi connectivity index (χ2v) is 9.15. The summed E-state index contributed by atoms with van der Waals surface area (Å²) in [6, 6.07) is 3.63. The minimum atomic E-state index is -3.17. The molecule has 1 aromatic heterocycles. The van der Waals surface area contributed by atoms with E-state index in [0.717, 1.165) is 30.5 Å². The van der Waals surface area contributed by atoms with Crippen molar-refractivity contribution in [3.05, 3.63) is 29.1 Å². The molecule has 3 heterocycles. The lowest BCUT2D eigenvalue weighted by Gasteiger charge is -2.52. The van der Waals surface area contributed by atoms with E-state index in [1.54, 1.807) is 0 Å². The largest absolute Gasteiger partial charge is 0.371 e. The van der Waals surface area contributed by atoms with Gasteiger partial charge in [-0.3, -0.25) is 9.78 Å². The summed E-state index contributed by atoms with van der Waals surface area (Å²) in [5.41, 5.74) is 2.10. The van der Waals surface area contributed by atoms with Crippen LogP contribution in [0.4, 0.5) is 0 Å². The lowest BCUT2D eigenvalue weighted by Crippen LogP contribution is -2.66. The quantitative estimate of drug-likeness (QED) is 0.853. The molecule has 2 saturated heterocycles. The van der Waals surface area contributed by atoms with Gasteiger partial charge in [-0.2, -0.15) is 0 Å². The molecule has 1 atom stereocenters. The maximum absolute atomic E-state index is 12.6. The van der Waals surface area contributed by atoms with Crippen LogP contribution in [-0.2, 0) is 14.8 Å². The molecule has 2 aliphatic heterocycles. The fourth-order valence-corrected chi connectivity index (χ4v) is 4.07. The molecule has 7 nitrogen and oxygen atoms in total. The van der Waals surface area contributed by atoms with E-state index in [1.165, 1.54) is 0 Å². The van der Waals surface area contributed by atoms with Crippen molar-refractivity contribution in [1.29, 1.82) is 0 Å². The van der Waals surface area contributed by atoms with Gasteiger partial charge in [0.05, 0.1) is 26.0 Å². The average molecular weight is 367 g/mol. The zero-order chi connectivity index (χ0) is 18.2. The van der Waals surface area contributed by atoms with Crippen LogP contribution in [0.2, 0.25) is 0 Å².